The lowest BCUT2D eigenvalue weighted by Crippen LogP contribution is -1.90. The summed E-state index contributed by atoms with van der Waals surface area (Å²) in [6.07, 6.45) is 17.1. The summed E-state index contributed by atoms with van der Waals surface area (Å²) in [6.45, 7) is 14.9. The minimum atomic E-state index is 0.687. The van der Waals surface area contributed by atoms with Crippen molar-refractivity contribution in [3.63, 3.8) is 0 Å². The van der Waals surface area contributed by atoms with E-state index >= 15 is 0 Å². The highest BCUT2D eigenvalue weighted by Gasteiger charge is 2.24. The number of hydrogen-bond donors (Lipinski definition) is 2. The van der Waals surface area contributed by atoms with E-state index in [1.165, 1.54) is 22.3 Å². The minimum absolute atomic E-state index is 0.687. The van der Waals surface area contributed by atoms with Gasteiger partial charge in [-0.25, -0.2) is 19.9 Å². The van der Waals surface area contributed by atoms with E-state index in [-0.39, 0.29) is 0 Å². The Labute approximate surface area is 579 Å². The summed E-state index contributed by atoms with van der Waals surface area (Å²) in [4.78, 5) is 30.7. The van der Waals surface area contributed by atoms with E-state index in [0.717, 1.165) is 183 Å². The summed E-state index contributed by atoms with van der Waals surface area (Å²) in [6, 6.07) is 76.1. The monoisotopic (exact) mass is 1290 g/mol. The van der Waals surface area contributed by atoms with E-state index in [4.69, 9.17) is 24.4 Å². The number of aromatic amines is 2. The van der Waals surface area contributed by atoms with Crippen molar-refractivity contribution < 1.29 is 4.42 Å². The van der Waals surface area contributed by atoms with Crippen LogP contribution < -0.4 is 0 Å². The van der Waals surface area contributed by atoms with Gasteiger partial charge in [-0.3, -0.25) is 0 Å². The lowest BCUT2D eigenvalue weighted by Gasteiger charge is -2.08. The summed E-state index contributed by atoms with van der Waals surface area (Å²) in [5, 5.41) is 0. The number of fused-ring (bicyclic) bond motifs is 16. The Morgan fingerprint density at radius 1 is 0.273 bits per heavy atom. The van der Waals surface area contributed by atoms with Crippen LogP contribution in [0.5, 0.6) is 0 Å². The van der Waals surface area contributed by atoms with Crippen molar-refractivity contribution >= 4 is 103 Å². The molecule has 13 aromatic rings. The molecule has 0 amide bonds. The first kappa shape index (κ1) is 60.4. The quantitative estimate of drug-likeness (QED) is 0.155. The van der Waals surface area contributed by atoms with Crippen molar-refractivity contribution in [3.05, 3.63) is 308 Å². The van der Waals surface area contributed by atoms with E-state index < -0.39 is 0 Å². The van der Waals surface area contributed by atoms with Gasteiger partial charge in [-0.2, -0.15) is 0 Å². The fourth-order valence-corrected chi connectivity index (χ4v) is 14.9. The molecule has 0 atom stereocenters. The normalized spacial score (nSPS) is 12.2. The topological polar surface area (TPSA) is 96.3 Å². The summed E-state index contributed by atoms with van der Waals surface area (Å²) in [5.74, 6) is 7.81. The lowest BCUT2D eigenvalue weighted by molar-refractivity contribution is 0.667. The zero-order chi connectivity index (χ0) is 67.0. The van der Waals surface area contributed by atoms with E-state index in [1.807, 2.05) is 0 Å². The second-order valence-electron chi connectivity index (χ2n) is 26.3. The number of H-pyrrole nitrogens is 2. The van der Waals surface area contributed by atoms with E-state index in [9.17, 15) is 0 Å². The van der Waals surface area contributed by atoms with Crippen LogP contribution in [0.1, 0.15) is 95.6 Å². The molecular formula is C91H66N6OS. The van der Waals surface area contributed by atoms with Crippen molar-refractivity contribution in [2.75, 3.05) is 0 Å². The smallest absolute Gasteiger partial charge is 0.137 e. The molecule has 4 aliphatic heterocycles. The number of aromatic nitrogens is 6. The van der Waals surface area contributed by atoms with Crippen LogP contribution in [-0.2, 0) is 0 Å². The average molecular weight is 1290 g/mol. The molecule has 0 saturated heterocycles. The molecule has 0 fully saturated rings. The van der Waals surface area contributed by atoms with Crippen molar-refractivity contribution in [2.45, 2.75) is 48.5 Å². The van der Waals surface area contributed by atoms with Crippen LogP contribution >= 0.6 is 11.3 Å². The van der Waals surface area contributed by atoms with Crippen molar-refractivity contribution in [3.8, 4) is 89.7 Å². The van der Waals surface area contributed by atoms with Gasteiger partial charge in [-0.15, -0.1) is 11.3 Å². The zero-order valence-corrected chi connectivity index (χ0v) is 56.7. The minimum Gasteiger partial charge on any atom is -0.456 e. The number of thiophene rings is 1. The second-order valence-corrected chi connectivity index (χ2v) is 27.3. The maximum atomic E-state index is 7.18. The Kier molecular flexibility index (Phi) is 15.1. The van der Waals surface area contributed by atoms with Crippen molar-refractivity contribution in [2.24, 2.45) is 0 Å². The van der Waals surface area contributed by atoms with Crippen LogP contribution in [0.15, 0.2) is 217 Å². The van der Waals surface area contributed by atoms with Gasteiger partial charge in [-0.05, 0) is 178 Å². The predicted molar refractivity (Wildman–Crippen MR) is 416 cm³/mol. The summed E-state index contributed by atoms with van der Waals surface area (Å²) in [5.41, 5.74) is 34.8. The summed E-state index contributed by atoms with van der Waals surface area (Å²) < 4.78 is 9.18. The third kappa shape index (κ3) is 11.4. The molecule has 0 saturated carbocycles. The van der Waals surface area contributed by atoms with Crippen molar-refractivity contribution in [1.29, 1.82) is 0 Å². The standard InChI is InChI=1S/C91H66N6OS/c1-53-8-22-60(23-9-53)84-70-40-41-71(93-70)85(61-24-10-54(2)11-25-61)73-44-47-78(95-73)90(66-34-20-59(7)21-35-66)91-67(52-79(97-91)86(74-43-42-72(84)94-74)62-26-12-55(3)13-27-62)36-37-68-69-38-39-75(92-69)87(63-28-14-56(4)15-29-63)80-48-49-81(98-80)88(64-30-16-57(5)17-31-64)76-45-46-77(96-76)89(83-51-50-82(68)99-83)65-32-18-58(6)19-33-65/h8-35,38-52,93,97H,1-7H3. The fourth-order valence-electron chi connectivity index (χ4n) is 13.8. The number of nitrogens with one attached hydrogen (secondary N) is 2. The number of furan rings is 1. The highest BCUT2D eigenvalue weighted by atomic mass is 32.1. The van der Waals surface area contributed by atoms with Gasteiger partial charge in [0.1, 0.15) is 11.2 Å². The van der Waals surface area contributed by atoms with Gasteiger partial charge in [0, 0.05) is 53.8 Å². The Morgan fingerprint density at radius 3 is 0.980 bits per heavy atom. The Balaban J connectivity index is 1.01. The molecule has 7 nitrogen and oxygen atoms in total. The molecule has 6 aromatic heterocycles. The Hall–Kier alpha value is -12.3. The number of nitrogens with zero attached hydrogens (tertiary/aromatic N) is 4. The van der Waals surface area contributed by atoms with Gasteiger partial charge in [0.2, 0.25) is 0 Å². The highest BCUT2D eigenvalue weighted by Crippen LogP contribution is 2.43. The number of hydrogen-bond acceptors (Lipinski definition) is 6. The van der Waals surface area contributed by atoms with Gasteiger partial charge < -0.3 is 14.4 Å². The van der Waals surface area contributed by atoms with Crippen LogP contribution in [0.4, 0.5) is 0 Å². The fraction of sp³-hybridized carbons (Fsp3) is 0.0769. The molecule has 10 heterocycles. The molecule has 99 heavy (non-hydrogen) atoms. The molecule has 0 radical (unpaired) electrons. The van der Waals surface area contributed by atoms with Crippen LogP contribution in [0.3, 0.4) is 0 Å². The maximum Gasteiger partial charge on any atom is 0.137 e. The molecule has 0 spiro atoms. The molecular weight excluding hydrogens is 1230 g/mol. The van der Waals surface area contributed by atoms with E-state index in [0.29, 0.717) is 11.2 Å². The summed E-state index contributed by atoms with van der Waals surface area (Å²) >= 11 is 1.70. The molecule has 7 aromatic carbocycles. The van der Waals surface area contributed by atoms with Gasteiger partial charge in [0.05, 0.1) is 73.3 Å². The summed E-state index contributed by atoms with van der Waals surface area (Å²) in [7, 11) is 0. The number of rotatable bonds is 7. The first-order valence-corrected chi connectivity index (χ1v) is 34.4. The molecule has 2 N–H and O–H groups in total. The van der Waals surface area contributed by atoms with Gasteiger partial charge >= 0.3 is 0 Å². The van der Waals surface area contributed by atoms with Gasteiger partial charge in [0.15, 0.2) is 0 Å². The molecule has 0 unspecified atom stereocenters. The number of benzene rings is 7. The Bertz CT molecular complexity index is 6000. The van der Waals surface area contributed by atoms with Crippen LogP contribution in [0.2, 0.25) is 0 Å². The highest BCUT2D eigenvalue weighted by molar-refractivity contribution is 7.24. The molecule has 472 valence electrons. The molecule has 8 heteroatoms. The zero-order valence-electron chi connectivity index (χ0n) is 55.9. The predicted octanol–water partition coefficient (Wildman–Crippen LogP) is 23.9. The van der Waals surface area contributed by atoms with Crippen molar-refractivity contribution in [1.82, 2.24) is 29.9 Å². The third-order valence-electron chi connectivity index (χ3n) is 19.1. The van der Waals surface area contributed by atoms with E-state index in [1.54, 1.807) is 11.3 Å². The molecule has 16 bridgehead atoms. The second kappa shape index (κ2) is 24.7. The number of aryl methyl sites for hydroxylation is 7. The SMILES string of the molecule is Cc1ccc(-c2c3nc(c(-c4ccc(C)cc4)c4cc(C#Cc5c6nc(c(-c7ccc(C)cc7)c7ccc(o7)c(-c7ccc(C)cc7)c7nc(c(-c8ccc(C)cc8)c8ccc5s8)C=C7)C=C6)c([nH]4)c(-c4ccc(C)cc4)c4nc(c(-c5ccc(C)cc5)c5ccc2[nH]5)C=C4)C=C3)cc1. The van der Waals surface area contributed by atoms with Gasteiger partial charge in [0.25, 0.3) is 0 Å². The maximum absolute atomic E-state index is 7.18. The van der Waals surface area contributed by atoms with Gasteiger partial charge in [-0.1, -0.05) is 221 Å². The molecule has 0 aliphatic carbocycles. The first-order chi connectivity index (χ1) is 48.4. The molecule has 4 aliphatic rings. The lowest BCUT2D eigenvalue weighted by atomic mass is 10.0. The molecule has 17 rings (SSSR count). The van der Waals surface area contributed by atoms with Crippen LogP contribution in [0, 0.1) is 60.3 Å². The largest absolute Gasteiger partial charge is 0.456 e. The van der Waals surface area contributed by atoms with E-state index in [2.05, 4.69) is 331 Å². The van der Waals surface area contributed by atoms with Crippen LogP contribution in [-0.4, -0.2) is 29.9 Å². The van der Waals surface area contributed by atoms with Crippen LogP contribution in [0.25, 0.3) is 169 Å². The third-order valence-corrected chi connectivity index (χ3v) is 20.2. The first-order valence-electron chi connectivity index (χ1n) is 33.6. The Morgan fingerprint density at radius 2 is 0.576 bits per heavy atom. The average Bonchev–Trinajstić information content (AvgIpc) is 1.59.